The number of ether oxygens (including phenoxy) is 1. The highest BCUT2D eigenvalue weighted by molar-refractivity contribution is 5.94. The molecule has 34 heavy (non-hydrogen) atoms. The lowest BCUT2D eigenvalue weighted by atomic mass is 10.0. The van der Waals surface area contributed by atoms with E-state index in [-0.39, 0.29) is 18.4 Å². The molecule has 170 valence electrons. The van der Waals surface area contributed by atoms with E-state index in [1.165, 1.54) is 0 Å². The highest BCUT2D eigenvalue weighted by Crippen LogP contribution is 2.24. The first-order chi connectivity index (χ1) is 16.5. The average Bonchev–Trinajstić information content (AvgIpc) is 3.36. The smallest absolute Gasteiger partial charge is 0.252 e. The Labute approximate surface area is 197 Å². The van der Waals surface area contributed by atoms with E-state index in [1.54, 1.807) is 54.9 Å². The average molecular weight is 454 g/mol. The van der Waals surface area contributed by atoms with Gasteiger partial charge in [-0.3, -0.25) is 9.78 Å². The molecule has 8 nitrogen and oxygen atoms in total. The zero-order chi connectivity index (χ0) is 23.9. The van der Waals surface area contributed by atoms with Gasteiger partial charge in [-0.1, -0.05) is 43.3 Å². The van der Waals surface area contributed by atoms with E-state index in [0.29, 0.717) is 28.6 Å². The lowest BCUT2D eigenvalue weighted by Crippen LogP contribution is -2.32. The van der Waals surface area contributed by atoms with Crippen LogP contribution >= 0.6 is 0 Å². The summed E-state index contributed by atoms with van der Waals surface area (Å²) in [5.41, 5.74) is 2.55. The molecule has 2 heterocycles. The van der Waals surface area contributed by atoms with Crippen LogP contribution in [0, 0.1) is 17.2 Å². The highest BCUT2D eigenvalue weighted by atomic mass is 16.5. The summed E-state index contributed by atoms with van der Waals surface area (Å²) in [6.45, 7) is 4.16. The van der Waals surface area contributed by atoms with Crippen molar-refractivity contribution in [1.82, 2.24) is 20.4 Å². The molecule has 8 heteroatoms. The fraction of sp³-hybridized carbons (Fsp3) is 0.192. The number of rotatable bonds is 8. The van der Waals surface area contributed by atoms with Crippen molar-refractivity contribution in [2.75, 3.05) is 0 Å². The largest absolute Gasteiger partial charge is 0.489 e. The van der Waals surface area contributed by atoms with E-state index in [4.69, 9.17) is 9.26 Å². The zero-order valence-corrected chi connectivity index (χ0v) is 18.8. The van der Waals surface area contributed by atoms with Gasteiger partial charge in [0.25, 0.3) is 5.91 Å². The monoisotopic (exact) mass is 453 g/mol. The molecule has 0 saturated carbocycles. The first kappa shape index (κ1) is 22.7. The maximum absolute atomic E-state index is 13.0. The number of amides is 1. The summed E-state index contributed by atoms with van der Waals surface area (Å²) in [5.74, 6) is 1.02. The van der Waals surface area contributed by atoms with E-state index >= 15 is 0 Å². The van der Waals surface area contributed by atoms with Gasteiger partial charge in [-0.15, -0.1) is 0 Å². The summed E-state index contributed by atoms with van der Waals surface area (Å²) >= 11 is 0. The Morgan fingerprint density at radius 2 is 1.91 bits per heavy atom. The number of nitrogens with zero attached hydrogens (tertiary/aromatic N) is 4. The van der Waals surface area contributed by atoms with Crippen LogP contribution in [0.5, 0.6) is 5.75 Å². The number of aromatic nitrogens is 3. The lowest BCUT2D eigenvalue weighted by Gasteiger charge is -2.18. The summed E-state index contributed by atoms with van der Waals surface area (Å²) < 4.78 is 11.3. The number of nitriles is 1. The van der Waals surface area contributed by atoms with Crippen molar-refractivity contribution in [2.45, 2.75) is 26.5 Å². The summed E-state index contributed by atoms with van der Waals surface area (Å²) in [4.78, 5) is 21.5. The Morgan fingerprint density at radius 1 is 1.12 bits per heavy atom. The minimum atomic E-state index is -0.470. The van der Waals surface area contributed by atoms with Gasteiger partial charge < -0.3 is 14.6 Å². The van der Waals surface area contributed by atoms with Crippen molar-refractivity contribution in [1.29, 1.82) is 5.26 Å². The van der Waals surface area contributed by atoms with Gasteiger partial charge in [0.2, 0.25) is 11.7 Å². The zero-order valence-electron chi connectivity index (χ0n) is 18.8. The topological polar surface area (TPSA) is 114 Å². The number of carbonyl (C=O) groups excluding carboxylic acids is 1. The molecule has 1 unspecified atom stereocenters. The highest BCUT2D eigenvalue weighted by Gasteiger charge is 2.25. The molecule has 0 bridgehead atoms. The van der Waals surface area contributed by atoms with E-state index < -0.39 is 6.04 Å². The molecule has 2 aromatic heterocycles. The molecule has 2 aromatic carbocycles. The van der Waals surface area contributed by atoms with Gasteiger partial charge in [0, 0.05) is 29.1 Å². The molecule has 4 rings (SSSR count). The molecule has 0 spiro atoms. The molecule has 0 aliphatic heterocycles. The molecule has 1 amide bonds. The number of hydrogen-bond acceptors (Lipinski definition) is 7. The van der Waals surface area contributed by atoms with Crippen LogP contribution in [0.3, 0.4) is 0 Å². The maximum Gasteiger partial charge on any atom is 0.252 e. The van der Waals surface area contributed by atoms with Gasteiger partial charge >= 0.3 is 0 Å². The third kappa shape index (κ3) is 5.27. The van der Waals surface area contributed by atoms with Crippen LogP contribution in [0.15, 0.2) is 77.6 Å². The Bertz CT molecular complexity index is 1310. The number of pyridine rings is 1. The quantitative estimate of drug-likeness (QED) is 0.411. The second-order valence-corrected chi connectivity index (χ2v) is 7.97. The van der Waals surface area contributed by atoms with Gasteiger partial charge in [-0.05, 0) is 42.3 Å². The predicted molar refractivity (Wildman–Crippen MR) is 125 cm³/mol. The standard InChI is InChI=1S/C26H23N5O3/c1-17(2)23(26-30-24(31-34-26)18-10-12-28-13-11-18)29-25(32)19-8-5-9-22(14-19)33-16-21-7-4-3-6-20(21)15-27/h3-14,17,23H,16H2,1-2H3,(H,29,32). The molecule has 1 N–H and O–H groups in total. The second-order valence-electron chi connectivity index (χ2n) is 7.97. The Morgan fingerprint density at radius 3 is 2.68 bits per heavy atom. The fourth-order valence-corrected chi connectivity index (χ4v) is 3.36. The maximum atomic E-state index is 13.0. The van der Waals surface area contributed by atoms with Crippen molar-refractivity contribution >= 4 is 5.91 Å². The molecule has 4 aromatic rings. The number of nitrogens with one attached hydrogen (secondary N) is 1. The summed E-state index contributed by atoms with van der Waals surface area (Å²) in [6.07, 6.45) is 3.31. The van der Waals surface area contributed by atoms with Gasteiger partial charge in [0.15, 0.2) is 0 Å². The molecule has 0 saturated heterocycles. The van der Waals surface area contributed by atoms with E-state index in [9.17, 15) is 10.1 Å². The first-order valence-corrected chi connectivity index (χ1v) is 10.8. The molecule has 1 atom stereocenters. The van der Waals surface area contributed by atoms with Crippen LogP contribution < -0.4 is 10.1 Å². The van der Waals surface area contributed by atoms with E-state index in [1.807, 2.05) is 32.0 Å². The summed E-state index contributed by atoms with van der Waals surface area (Å²) in [7, 11) is 0. The number of carbonyl (C=O) groups is 1. The molecule has 0 fully saturated rings. The second kappa shape index (κ2) is 10.4. The van der Waals surface area contributed by atoms with Gasteiger partial charge in [-0.2, -0.15) is 10.2 Å². The van der Waals surface area contributed by atoms with Crippen molar-refractivity contribution in [3.05, 3.63) is 95.6 Å². The third-order valence-corrected chi connectivity index (χ3v) is 5.23. The lowest BCUT2D eigenvalue weighted by molar-refractivity contribution is 0.0913. The van der Waals surface area contributed by atoms with Gasteiger partial charge in [0.1, 0.15) is 18.4 Å². The van der Waals surface area contributed by atoms with Crippen molar-refractivity contribution < 1.29 is 14.1 Å². The van der Waals surface area contributed by atoms with Crippen LogP contribution in [0.25, 0.3) is 11.4 Å². The minimum absolute atomic E-state index is 0.0107. The summed E-state index contributed by atoms with van der Waals surface area (Å²) in [5, 5.41) is 16.3. The van der Waals surface area contributed by atoms with E-state index in [0.717, 1.165) is 11.1 Å². The van der Waals surface area contributed by atoms with Gasteiger partial charge in [-0.25, -0.2) is 0 Å². The van der Waals surface area contributed by atoms with Crippen LogP contribution in [0.4, 0.5) is 0 Å². The Hall–Kier alpha value is -4.51. The van der Waals surface area contributed by atoms with Crippen molar-refractivity contribution in [2.24, 2.45) is 5.92 Å². The number of benzene rings is 2. The number of hydrogen-bond donors (Lipinski definition) is 1. The van der Waals surface area contributed by atoms with Crippen LogP contribution in [0.1, 0.15) is 47.3 Å². The minimum Gasteiger partial charge on any atom is -0.489 e. The van der Waals surface area contributed by atoms with Gasteiger partial charge in [0.05, 0.1) is 11.6 Å². The van der Waals surface area contributed by atoms with Crippen LogP contribution in [-0.4, -0.2) is 21.0 Å². The normalized spacial score (nSPS) is 11.6. The van der Waals surface area contributed by atoms with Crippen molar-refractivity contribution in [3.8, 4) is 23.2 Å². The van der Waals surface area contributed by atoms with Crippen molar-refractivity contribution in [3.63, 3.8) is 0 Å². The summed E-state index contributed by atoms with van der Waals surface area (Å²) in [6, 6.07) is 19.4. The Balaban J connectivity index is 1.47. The molecule has 0 aliphatic carbocycles. The van der Waals surface area contributed by atoms with Crippen LogP contribution in [0.2, 0.25) is 0 Å². The molecular weight excluding hydrogens is 430 g/mol. The van der Waals surface area contributed by atoms with E-state index in [2.05, 4.69) is 26.5 Å². The molecular formula is C26H23N5O3. The Kier molecular flexibility index (Phi) is 6.94. The molecule has 0 radical (unpaired) electrons. The predicted octanol–water partition coefficient (Wildman–Crippen LogP) is 4.71. The SMILES string of the molecule is CC(C)C(NC(=O)c1cccc(OCc2ccccc2C#N)c1)c1nc(-c2ccncc2)no1. The first-order valence-electron chi connectivity index (χ1n) is 10.8. The molecule has 0 aliphatic rings. The third-order valence-electron chi connectivity index (χ3n) is 5.23. The van der Waals surface area contributed by atoms with Crippen LogP contribution in [-0.2, 0) is 6.61 Å². The fourth-order valence-electron chi connectivity index (χ4n) is 3.36.